The molecule has 3 rings (SSSR count). The fourth-order valence-electron chi connectivity index (χ4n) is 2.62. The standard InChI is InChI=1S/C17H18N2O2/c20-14-5-1-12(2-6-14)16(11-17-18-9-10-19-17)13-3-7-15(21)8-4-13/h1-8,16,20-21H,9-11H2,(H,18,19). The van der Waals surface area contributed by atoms with Crippen LogP contribution in [0, 0.1) is 0 Å². The number of benzene rings is 2. The Morgan fingerprint density at radius 3 is 1.86 bits per heavy atom. The molecule has 1 aliphatic heterocycles. The molecule has 4 heteroatoms. The van der Waals surface area contributed by atoms with Crippen molar-refractivity contribution in [3.8, 4) is 11.5 Å². The van der Waals surface area contributed by atoms with Crippen LogP contribution in [-0.4, -0.2) is 29.1 Å². The summed E-state index contributed by atoms with van der Waals surface area (Å²) in [6, 6.07) is 14.5. The van der Waals surface area contributed by atoms with Gasteiger partial charge in [0.1, 0.15) is 11.5 Å². The van der Waals surface area contributed by atoms with Crippen LogP contribution in [0.2, 0.25) is 0 Å². The molecule has 0 aromatic heterocycles. The van der Waals surface area contributed by atoms with Crippen molar-refractivity contribution in [3.63, 3.8) is 0 Å². The molecule has 2 aromatic carbocycles. The first-order chi connectivity index (χ1) is 10.2. The summed E-state index contributed by atoms with van der Waals surface area (Å²) in [5, 5.41) is 22.2. The summed E-state index contributed by atoms with van der Waals surface area (Å²) in [5.74, 6) is 1.69. The summed E-state index contributed by atoms with van der Waals surface area (Å²) in [6.07, 6.45) is 0.787. The van der Waals surface area contributed by atoms with E-state index in [-0.39, 0.29) is 17.4 Å². The van der Waals surface area contributed by atoms with Gasteiger partial charge in [0.15, 0.2) is 0 Å². The average molecular weight is 282 g/mol. The Bertz CT molecular complexity index is 587. The predicted molar refractivity (Wildman–Crippen MR) is 83.0 cm³/mol. The van der Waals surface area contributed by atoms with Gasteiger partial charge in [-0.25, -0.2) is 0 Å². The summed E-state index contributed by atoms with van der Waals surface area (Å²) in [4.78, 5) is 4.47. The molecule has 4 nitrogen and oxygen atoms in total. The maximum Gasteiger partial charge on any atom is 0.115 e. The van der Waals surface area contributed by atoms with E-state index in [2.05, 4.69) is 10.3 Å². The number of rotatable bonds is 4. The SMILES string of the molecule is Oc1ccc(C(CC2=NCCN2)c2ccc(O)cc2)cc1. The van der Waals surface area contributed by atoms with Gasteiger partial charge in [-0.3, -0.25) is 4.99 Å². The first-order valence-electron chi connectivity index (χ1n) is 7.07. The highest BCUT2D eigenvalue weighted by molar-refractivity contribution is 5.84. The van der Waals surface area contributed by atoms with E-state index in [4.69, 9.17) is 0 Å². The van der Waals surface area contributed by atoms with Gasteiger partial charge >= 0.3 is 0 Å². The van der Waals surface area contributed by atoms with Gasteiger partial charge in [0, 0.05) is 18.9 Å². The number of amidine groups is 1. The first kappa shape index (κ1) is 13.5. The minimum Gasteiger partial charge on any atom is -0.508 e. The van der Waals surface area contributed by atoms with Crippen LogP contribution in [0.3, 0.4) is 0 Å². The zero-order valence-electron chi connectivity index (χ0n) is 11.7. The van der Waals surface area contributed by atoms with Crippen molar-refractivity contribution in [2.45, 2.75) is 12.3 Å². The number of hydrogen-bond acceptors (Lipinski definition) is 4. The Morgan fingerprint density at radius 1 is 0.905 bits per heavy atom. The highest BCUT2D eigenvalue weighted by Crippen LogP contribution is 2.30. The second-order valence-electron chi connectivity index (χ2n) is 5.19. The van der Waals surface area contributed by atoms with Gasteiger partial charge in [-0.15, -0.1) is 0 Å². The third kappa shape index (κ3) is 3.16. The molecule has 1 heterocycles. The first-order valence-corrected chi connectivity index (χ1v) is 7.07. The molecule has 1 aliphatic rings. The van der Waals surface area contributed by atoms with Gasteiger partial charge in [-0.05, 0) is 35.4 Å². The van der Waals surface area contributed by atoms with Crippen molar-refractivity contribution in [1.82, 2.24) is 5.32 Å². The monoisotopic (exact) mass is 282 g/mol. The zero-order valence-corrected chi connectivity index (χ0v) is 11.7. The van der Waals surface area contributed by atoms with E-state index in [1.807, 2.05) is 24.3 Å². The second-order valence-corrected chi connectivity index (χ2v) is 5.19. The Balaban J connectivity index is 1.93. The fourth-order valence-corrected chi connectivity index (χ4v) is 2.62. The van der Waals surface area contributed by atoms with Gasteiger partial charge in [0.2, 0.25) is 0 Å². The van der Waals surface area contributed by atoms with E-state index in [1.54, 1.807) is 24.3 Å². The minimum atomic E-state index is 0.149. The van der Waals surface area contributed by atoms with Crippen LogP contribution < -0.4 is 5.32 Å². The van der Waals surface area contributed by atoms with Crippen LogP contribution in [0.15, 0.2) is 53.5 Å². The number of aromatic hydroxyl groups is 2. The number of nitrogens with one attached hydrogen (secondary N) is 1. The van der Waals surface area contributed by atoms with Crippen LogP contribution in [0.4, 0.5) is 0 Å². The fraction of sp³-hybridized carbons (Fsp3) is 0.235. The lowest BCUT2D eigenvalue weighted by Crippen LogP contribution is -2.21. The third-order valence-electron chi connectivity index (χ3n) is 3.73. The molecule has 0 spiro atoms. The molecule has 0 amide bonds. The molecule has 21 heavy (non-hydrogen) atoms. The van der Waals surface area contributed by atoms with E-state index < -0.39 is 0 Å². The Morgan fingerprint density at radius 2 is 1.43 bits per heavy atom. The minimum absolute atomic E-state index is 0.149. The van der Waals surface area contributed by atoms with Crippen molar-refractivity contribution in [3.05, 3.63) is 59.7 Å². The molecule has 2 aromatic rings. The van der Waals surface area contributed by atoms with E-state index in [0.717, 1.165) is 36.5 Å². The number of hydrogen-bond donors (Lipinski definition) is 3. The average Bonchev–Trinajstić information content (AvgIpc) is 3.00. The Kier molecular flexibility index (Phi) is 3.77. The van der Waals surface area contributed by atoms with Crippen LogP contribution in [0.25, 0.3) is 0 Å². The largest absolute Gasteiger partial charge is 0.508 e. The summed E-state index contributed by atoms with van der Waals surface area (Å²) in [5.41, 5.74) is 2.24. The number of phenolic OH excluding ortho intramolecular Hbond substituents is 2. The smallest absolute Gasteiger partial charge is 0.115 e. The molecule has 0 saturated heterocycles. The normalized spacial score (nSPS) is 14.0. The van der Waals surface area contributed by atoms with Crippen molar-refractivity contribution in [1.29, 1.82) is 0 Å². The van der Waals surface area contributed by atoms with Gasteiger partial charge in [-0.1, -0.05) is 24.3 Å². The number of phenols is 2. The molecule has 0 aliphatic carbocycles. The summed E-state index contributed by atoms with van der Waals surface area (Å²) in [6.45, 7) is 1.72. The molecule has 108 valence electrons. The molecular formula is C17H18N2O2. The van der Waals surface area contributed by atoms with Crippen molar-refractivity contribution in [2.75, 3.05) is 13.1 Å². The lowest BCUT2D eigenvalue weighted by molar-refractivity contribution is 0.475. The number of aliphatic imine (C=N–C) groups is 1. The molecular weight excluding hydrogens is 264 g/mol. The summed E-state index contributed by atoms with van der Waals surface area (Å²) < 4.78 is 0. The molecule has 0 unspecified atom stereocenters. The molecule has 0 atom stereocenters. The van der Waals surface area contributed by atoms with Gasteiger partial charge in [-0.2, -0.15) is 0 Å². The third-order valence-corrected chi connectivity index (χ3v) is 3.73. The quantitative estimate of drug-likeness (QED) is 0.807. The van der Waals surface area contributed by atoms with Crippen molar-refractivity contribution >= 4 is 5.84 Å². The zero-order chi connectivity index (χ0) is 14.7. The molecule has 3 N–H and O–H groups in total. The van der Waals surface area contributed by atoms with Crippen molar-refractivity contribution < 1.29 is 10.2 Å². The lowest BCUT2D eigenvalue weighted by atomic mass is 9.88. The maximum atomic E-state index is 9.46. The Hall–Kier alpha value is -2.49. The van der Waals surface area contributed by atoms with E-state index in [1.165, 1.54) is 0 Å². The van der Waals surface area contributed by atoms with E-state index in [0.29, 0.717) is 0 Å². The van der Waals surface area contributed by atoms with E-state index >= 15 is 0 Å². The van der Waals surface area contributed by atoms with E-state index in [9.17, 15) is 10.2 Å². The highest BCUT2D eigenvalue weighted by atomic mass is 16.3. The molecule has 0 saturated carbocycles. The molecule has 0 fully saturated rings. The second kappa shape index (κ2) is 5.87. The Labute approximate surface area is 123 Å². The van der Waals surface area contributed by atoms with Crippen LogP contribution >= 0.6 is 0 Å². The molecule has 0 radical (unpaired) electrons. The van der Waals surface area contributed by atoms with Crippen molar-refractivity contribution in [2.24, 2.45) is 4.99 Å². The summed E-state index contributed by atoms with van der Waals surface area (Å²) >= 11 is 0. The van der Waals surface area contributed by atoms with Gasteiger partial charge in [0.05, 0.1) is 12.4 Å². The lowest BCUT2D eigenvalue weighted by Gasteiger charge is -2.18. The molecule has 0 bridgehead atoms. The van der Waals surface area contributed by atoms with Crippen LogP contribution in [0.5, 0.6) is 11.5 Å². The van der Waals surface area contributed by atoms with Gasteiger partial charge in [0.25, 0.3) is 0 Å². The van der Waals surface area contributed by atoms with Crippen LogP contribution in [0.1, 0.15) is 23.5 Å². The maximum absolute atomic E-state index is 9.46. The van der Waals surface area contributed by atoms with Crippen LogP contribution in [-0.2, 0) is 0 Å². The highest BCUT2D eigenvalue weighted by Gasteiger charge is 2.18. The van der Waals surface area contributed by atoms with Gasteiger partial charge < -0.3 is 15.5 Å². The topological polar surface area (TPSA) is 64.9 Å². The number of nitrogens with zero attached hydrogens (tertiary/aromatic N) is 1. The predicted octanol–water partition coefficient (Wildman–Crippen LogP) is 2.62. The summed E-state index contributed by atoms with van der Waals surface area (Å²) in [7, 11) is 0.